The fourth-order valence-corrected chi connectivity index (χ4v) is 3.96. The highest BCUT2D eigenvalue weighted by atomic mass is 19.4. The number of carbonyl (C=O) groups is 1. The van der Waals surface area contributed by atoms with Crippen LogP contribution in [-0.2, 0) is 16.0 Å². The van der Waals surface area contributed by atoms with Gasteiger partial charge in [-0.05, 0) is 19.2 Å². The van der Waals surface area contributed by atoms with E-state index in [0.717, 1.165) is 4.57 Å². The number of halogens is 3. The maximum Gasteiger partial charge on any atom is 0.406 e. The Morgan fingerprint density at radius 3 is 2.70 bits per heavy atom. The molecule has 2 aromatic rings. The van der Waals surface area contributed by atoms with Gasteiger partial charge in [-0.25, -0.2) is 9.78 Å². The molecule has 9 heteroatoms. The Morgan fingerprint density at radius 2 is 2.04 bits per heavy atom. The second-order valence-corrected chi connectivity index (χ2v) is 7.17. The highest BCUT2D eigenvalue weighted by Crippen LogP contribution is 2.30. The number of likely N-dealkylation sites (N-methyl/N-ethyl adjacent to an activating group) is 1. The number of ether oxygens (including phenoxy) is 2. The third-order valence-corrected chi connectivity index (χ3v) is 5.32. The Balaban J connectivity index is 1.56. The summed E-state index contributed by atoms with van der Waals surface area (Å²) in [4.78, 5) is 19.0. The summed E-state index contributed by atoms with van der Waals surface area (Å²) in [6.07, 6.45) is -0.786. The zero-order valence-electron chi connectivity index (χ0n) is 14.8. The number of hydrogen-bond acceptors (Lipinski definition) is 5. The molecule has 146 valence electrons. The topological polar surface area (TPSA) is 56.6 Å². The molecule has 2 fully saturated rings. The molecule has 0 radical (unpaired) electrons. The first-order valence-corrected chi connectivity index (χ1v) is 8.83. The van der Waals surface area contributed by atoms with E-state index in [-0.39, 0.29) is 29.4 Å². The maximum atomic E-state index is 12.8. The van der Waals surface area contributed by atoms with Crippen LogP contribution in [0.25, 0.3) is 11.0 Å². The van der Waals surface area contributed by atoms with Crippen LogP contribution in [0.5, 0.6) is 0 Å². The lowest BCUT2D eigenvalue weighted by molar-refractivity contribution is -0.140. The van der Waals surface area contributed by atoms with Crippen LogP contribution >= 0.6 is 0 Å². The lowest BCUT2D eigenvalue weighted by Gasteiger charge is -2.46. The first-order chi connectivity index (χ1) is 12.8. The molecule has 6 nitrogen and oxygen atoms in total. The van der Waals surface area contributed by atoms with Gasteiger partial charge >= 0.3 is 12.1 Å². The van der Waals surface area contributed by atoms with Crippen molar-refractivity contribution < 1.29 is 27.4 Å². The average Bonchev–Trinajstić information content (AvgIpc) is 2.93. The normalized spacial score (nSPS) is 26.3. The quantitative estimate of drug-likeness (QED) is 0.763. The fourth-order valence-electron chi connectivity index (χ4n) is 3.96. The summed E-state index contributed by atoms with van der Waals surface area (Å²) in [5.41, 5.74) is 0.234. The van der Waals surface area contributed by atoms with Gasteiger partial charge in [0.1, 0.15) is 18.3 Å². The van der Waals surface area contributed by atoms with Gasteiger partial charge in [-0.1, -0.05) is 0 Å². The second kappa shape index (κ2) is 6.79. The van der Waals surface area contributed by atoms with Crippen LogP contribution in [0.4, 0.5) is 13.2 Å². The number of esters is 1. The molecule has 2 saturated heterocycles. The predicted molar refractivity (Wildman–Crippen MR) is 90.4 cm³/mol. The van der Waals surface area contributed by atoms with Gasteiger partial charge in [0.15, 0.2) is 0 Å². The molecule has 4 rings (SSSR count). The molecule has 27 heavy (non-hydrogen) atoms. The predicted octanol–water partition coefficient (Wildman–Crippen LogP) is 2.62. The van der Waals surface area contributed by atoms with E-state index in [0.29, 0.717) is 31.4 Å². The molecule has 0 amide bonds. The number of hydrogen-bond donors (Lipinski definition) is 0. The summed E-state index contributed by atoms with van der Waals surface area (Å²) in [5.74, 6) is -0.609. The van der Waals surface area contributed by atoms with Crippen LogP contribution in [0.2, 0.25) is 0 Å². The maximum absolute atomic E-state index is 12.8. The molecule has 0 spiro atoms. The zero-order chi connectivity index (χ0) is 19.2. The molecule has 0 saturated carbocycles. The first kappa shape index (κ1) is 18.2. The summed E-state index contributed by atoms with van der Waals surface area (Å²) < 4.78 is 50.7. The van der Waals surface area contributed by atoms with Crippen molar-refractivity contribution in [3.05, 3.63) is 30.1 Å². The zero-order valence-corrected chi connectivity index (χ0v) is 14.8. The molecular formula is C18H20F3N3O3. The molecule has 2 aliphatic rings. The van der Waals surface area contributed by atoms with Crippen LogP contribution in [0.1, 0.15) is 23.2 Å². The number of carbonyl (C=O) groups excluding carboxylic acids is 1. The Hall–Kier alpha value is -2.13. The van der Waals surface area contributed by atoms with Crippen molar-refractivity contribution >= 4 is 17.0 Å². The van der Waals surface area contributed by atoms with E-state index in [1.54, 1.807) is 12.1 Å². The van der Waals surface area contributed by atoms with E-state index in [4.69, 9.17) is 9.47 Å². The van der Waals surface area contributed by atoms with Crippen molar-refractivity contribution in [1.29, 1.82) is 0 Å². The van der Waals surface area contributed by atoms with E-state index in [9.17, 15) is 18.0 Å². The van der Waals surface area contributed by atoms with E-state index >= 15 is 0 Å². The number of morpholine rings is 1. The van der Waals surface area contributed by atoms with Crippen molar-refractivity contribution in [3.8, 4) is 0 Å². The summed E-state index contributed by atoms with van der Waals surface area (Å²) >= 11 is 0. The minimum Gasteiger partial charge on any atom is -0.459 e. The van der Waals surface area contributed by atoms with Gasteiger partial charge in [0.25, 0.3) is 0 Å². The van der Waals surface area contributed by atoms with Gasteiger partial charge in [0.2, 0.25) is 0 Å². The van der Waals surface area contributed by atoms with Crippen LogP contribution in [0, 0.1) is 0 Å². The number of rotatable bonds is 3. The van der Waals surface area contributed by atoms with Gasteiger partial charge in [0.05, 0.1) is 18.8 Å². The van der Waals surface area contributed by atoms with Crippen molar-refractivity contribution in [3.63, 3.8) is 0 Å². The molecule has 0 aliphatic carbocycles. The summed E-state index contributed by atoms with van der Waals surface area (Å²) in [7, 11) is 2.03. The highest BCUT2D eigenvalue weighted by molar-refractivity contribution is 6.03. The number of fused-ring (bicyclic) bond motifs is 3. The van der Waals surface area contributed by atoms with Crippen LogP contribution < -0.4 is 0 Å². The van der Waals surface area contributed by atoms with Crippen molar-refractivity contribution in [2.75, 3.05) is 20.3 Å². The Bertz CT molecular complexity index is 837. The van der Waals surface area contributed by atoms with E-state index in [1.807, 2.05) is 7.05 Å². The molecular weight excluding hydrogens is 363 g/mol. The Morgan fingerprint density at radius 1 is 1.33 bits per heavy atom. The number of alkyl halides is 3. The van der Waals surface area contributed by atoms with Gasteiger partial charge < -0.3 is 14.0 Å². The molecule has 2 aliphatic heterocycles. The largest absolute Gasteiger partial charge is 0.459 e. The van der Waals surface area contributed by atoms with E-state index < -0.39 is 18.7 Å². The molecule has 0 aromatic carbocycles. The van der Waals surface area contributed by atoms with Gasteiger partial charge in [-0.3, -0.25) is 4.90 Å². The van der Waals surface area contributed by atoms with E-state index in [1.165, 1.54) is 12.4 Å². The van der Waals surface area contributed by atoms with Gasteiger partial charge in [0, 0.05) is 42.7 Å². The SMILES string of the molecule is CN1C2COCC1CC(OC(=O)c1cn(CC(F)(F)F)c3ncccc13)C2. The number of aromatic nitrogens is 2. The molecule has 2 aromatic heterocycles. The van der Waals surface area contributed by atoms with Crippen LogP contribution in [0.3, 0.4) is 0 Å². The number of nitrogens with zero attached hydrogens (tertiary/aromatic N) is 3. The van der Waals surface area contributed by atoms with Gasteiger partial charge in [-0.2, -0.15) is 13.2 Å². The van der Waals surface area contributed by atoms with E-state index in [2.05, 4.69) is 9.88 Å². The third-order valence-electron chi connectivity index (χ3n) is 5.32. The summed E-state index contributed by atoms with van der Waals surface area (Å²) in [5, 5.41) is 0.364. The highest BCUT2D eigenvalue weighted by Gasteiger charge is 2.39. The minimum absolute atomic E-state index is 0.114. The Kier molecular flexibility index (Phi) is 4.59. The van der Waals surface area contributed by atoms with Crippen molar-refractivity contribution in [2.24, 2.45) is 0 Å². The second-order valence-electron chi connectivity index (χ2n) is 7.17. The Labute approximate surface area is 153 Å². The van der Waals surface area contributed by atoms with Crippen LogP contribution in [0.15, 0.2) is 24.5 Å². The molecule has 2 atom stereocenters. The monoisotopic (exact) mass is 383 g/mol. The average molecular weight is 383 g/mol. The minimum atomic E-state index is -4.41. The molecule has 2 bridgehead atoms. The van der Waals surface area contributed by atoms with Crippen molar-refractivity contribution in [2.45, 2.75) is 43.8 Å². The lowest BCUT2D eigenvalue weighted by atomic mass is 9.92. The van der Waals surface area contributed by atoms with Gasteiger partial charge in [-0.15, -0.1) is 0 Å². The first-order valence-electron chi connectivity index (χ1n) is 8.83. The summed E-state index contributed by atoms with van der Waals surface area (Å²) in [6.45, 7) is -0.0186. The molecule has 4 heterocycles. The number of pyridine rings is 1. The summed E-state index contributed by atoms with van der Waals surface area (Å²) in [6, 6.07) is 3.55. The van der Waals surface area contributed by atoms with Crippen molar-refractivity contribution in [1.82, 2.24) is 14.5 Å². The smallest absolute Gasteiger partial charge is 0.406 e. The number of piperidine rings is 1. The molecule has 2 unspecified atom stereocenters. The third kappa shape index (κ3) is 3.66. The standard InChI is InChI=1S/C18H20F3N3O3/c1-23-11-5-13(6-12(23)9-26-8-11)27-17(25)15-7-24(10-18(19,20)21)16-14(15)3-2-4-22-16/h2-4,7,11-13H,5-6,8-10H2,1H3. The molecule has 0 N–H and O–H groups in total. The lowest BCUT2D eigenvalue weighted by Crippen LogP contribution is -2.56. The fraction of sp³-hybridized carbons (Fsp3) is 0.556. The van der Waals surface area contributed by atoms with Crippen LogP contribution in [-0.4, -0.2) is 65.0 Å².